The van der Waals surface area contributed by atoms with Crippen LogP contribution in [0.1, 0.15) is 83.1 Å². The Kier molecular flexibility index (Phi) is 13.7. The van der Waals surface area contributed by atoms with E-state index in [-0.39, 0.29) is 5.97 Å². The number of ether oxygens (including phenoxy) is 1. The highest BCUT2D eigenvalue weighted by molar-refractivity contribution is 5.72. The van der Waals surface area contributed by atoms with E-state index >= 15 is 0 Å². The second-order valence-corrected chi connectivity index (χ2v) is 6.76. The van der Waals surface area contributed by atoms with Crippen LogP contribution in [0.2, 0.25) is 0 Å². The summed E-state index contributed by atoms with van der Waals surface area (Å²) in [6.07, 6.45) is 19.0. The zero-order valence-electron chi connectivity index (χ0n) is 16.1. The maximum absolute atomic E-state index is 11.7. The fourth-order valence-electron chi connectivity index (χ4n) is 2.86. The van der Waals surface area contributed by atoms with Gasteiger partial charge in [0.1, 0.15) is 0 Å². The minimum absolute atomic E-state index is 0.140. The third-order valence-corrected chi connectivity index (χ3v) is 4.38. The van der Waals surface area contributed by atoms with Gasteiger partial charge in [0.05, 0.1) is 13.0 Å². The largest absolute Gasteiger partial charge is 0.465 e. The Morgan fingerprint density at radius 3 is 2.12 bits per heavy atom. The molecule has 0 aromatic heterocycles. The number of unbranched alkanes of at least 4 members (excludes halogenated alkanes) is 9. The van der Waals surface area contributed by atoms with Crippen molar-refractivity contribution in [3.63, 3.8) is 0 Å². The van der Waals surface area contributed by atoms with Gasteiger partial charge in [0, 0.05) is 0 Å². The van der Waals surface area contributed by atoms with Crippen LogP contribution in [0, 0.1) is 0 Å². The third kappa shape index (κ3) is 13.4. The topological polar surface area (TPSA) is 26.3 Å². The molecule has 1 aromatic rings. The van der Waals surface area contributed by atoms with Gasteiger partial charge < -0.3 is 4.74 Å². The normalized spacial score (nSPS) is 11.1. The zero-order valence-corrected chi connectivity index (χ0v) is 16.1. The molecule has 0 unspecified atom stereocenters. The van der Waals surface area contributed by atoms with Crippen molar-refractivity contribution in [2.45, 2.75) is 84.0 Å². The molecule has 140 valence electrons. The number of benzene rings is 1. The van der Waals surface area contributed by atoms with E-state index in [2.05, 4.69) is 19.1 Å². The van der Waals surface area contributed by atoms with Crippen LogP contribution < -0.4 is 0 Å². The lowest BCUT2D eigenvalue weighted by molar-refractivity contribution is -0.142. The SMILES string of the molecule is CCCCCCCCCCC/C=C/CCOC(=O)Cc1ccccc1. The quantitative estimate of drug-likeness (QED) is 0.202. The third-order valence-electron chi connectivity index (χ3n) is 4.38. The molecule has 0 atom stereocenters. The van der Waals surface area contributed by atoms with Crippen LogP contribution in [0.3, 0.4) is 0 Å². The monoisotopic (exact) mass is 344 g/mol. The first kappa shape index (κ1) is 21.5. The minimum Gasteiger partial charge on any atom is -0.465 e. The molecule has 0 aliphatic heterocycles. The summed E-state index contributed by atoms with van der Waals surface area (Å²) in [6.45, 7) is 2.75. The molecule has 0 heterocycles. The first-order valence-electron chi connectivity index (χ1n) is 10.2. The number of carbonyl (C=O) groups is 1. The Bertz CT molecular complexity index is 450. The highest BCUT2D eigenvalue weighted by atomic mass is 16.5. The summed E-state index contributed by atoms with van der Waals surface area (Å²) in [5.41, 5.74) is 1.01. The Balaban J connectivity index is 1.86. The molecule has 0 fully saturated rings. The number of hydrogen-bond acceptors (Lipinski definition) is 2. The van der Waals surface area contributed by atoms with Gasteiger partial charge in [-0.3, -0.25) is 4.79 Å². The van der Waals surface area contributed by atoms with Crippen molar-refractivity contribution < 1.29 is 9.53 Å². The van der Waals surface area contributed by atoms with Crippen molar-refractivity contribution in [2.24, 2.45) is 0 Å². The van der Waals surface area contributed by atoms with Crippen LogP contribution in [0.5, 0.6) is 0 Å². The van der Waals surface area contributed by atoms with Crippen LogP contribution >= 0.6 is 0 Å². The lowest BCUT2D eigenvalue weighted by Crippen LogP contribution is -2.08. The molecule has 0 saturated heterocycles. The van der Waals surface area contributed by atoms with Gasteiger partial charge in [-0.05, 0) is 24.8 Å². The molecule has 0 saturated carbocycles. The van der Waals surface area contributed by atoms with E-state index in [1.165, 1.54) is 57.8 Å². The smallest absolute Gasteiger partial charge is 0.310 e. The molecule has 0 N–H and O–H groups in total. The predicted molar refractivity (Wildman–Crippen MR) is 107 cm³/mol. The lowest BCUT2D eigenvalue weighted by Gasteiger charge is -2.03. The van der Waals surface area contributed by atoms with Crippen molar-refractivity contribution in [1.29, 1.82) is 0 Å². The first-order chi connectivity index (χ1) is 12.3. The molecule has 25 heavy (non-hydrogen) atoms. The van der Waals surface area contributed by atoms with E-state index in [9.17, 15) is 4.79 Å². The van der Waals surface area contributed by atoms with Crippen molar-refractivity contribution in [1.82, 2.24) is 0 Å². The van der Waals surface area contributed by atoms with Gasteiger partial charge in [0.2, 0.25) is 0 Å². The Hall–Kier alpha value is -1.57. The second kappa shape index (κ2) is 15.9. The molecule has 0 amide bonds. The molecule has 0 aliphatic carbocycles. The van der Waals surface area contributed by atoms with E-state index in [1.807, 2.05) is 30.3 Å². The molecule has 0 aliphatic rings. The van der Waals surface area contributed by atoms with E-state index < -0.39 is 0 Å². The van der Waals surface area contributed by atoms with Crippen LogP contribution in [0.25, 0.3) is 0 Å². The predicted octanol–water partition coefficient (Wildman–Crippen LogP) is 6.64. The van der Waals surface area contributed by atoms with Gasteiger partial charge >= 0.3 is 5.97 Å². The zero-order chi connectivity index (χ0) is 18.0. The molecule has 0 spiro atoms. The van der Waals surface area contributed by atoms with Gasteiger partial charge in [0.25, 0.3) is 0 Å². The van der Waals surface area contributed by atoms with Crippen molar-refractivity contribution in [2.75, 3.05) is 6.61 Å². The van der Waals surface area contributed by atoms with Gasteiger partial charge in [-0.15, -0.1) is 0 Å². The molecule has 1 aromatic carbocycles. The molecule has 0 bridgehead atoms. The standard InChI is InChI=1S/C23H36O2/c1-2-3-4-5-6-7-8-9-10-11-12-13-17-20-25-23(24)21-22-18-15-14-16-19-22/h12-16,18-19H,2-11,17,20-21H2,1H3/b13-12+. The molecular weight excluding hydrogens is 308 g/mol. The van der Waals surface area contributed by atoms with Gasteiger partial charge in [-0.1, -0.05) is 101 Å². The number of hydrogen-bond donors (Lipinski definition) is 0. The molecule has 1 rings (SSSR count). The number of esters is 1. The van der Waals surface area contributed by atoms with Gasteiger partial charge in [-0.25, -0.2) is 0 Å². The summed E-state index contributed by atoms with van der Waals surface area (Å²) < 4.78 is 5.26. The summed E-state index contributed by atoms with van der Waals surface area (Å²) in [4.78, 5) is 11.7. The maximum Gasteiger partial charge on any atom is 0.310 e. The average molecular weight is 345 g/mol. The van der Waals surface area contributed by atoms with E-state index in [0.717, 1.165) is 18.4 Å². The Labute approximate surface area is 154 Å². The Morgan fingerprint density at radius 1 is 0.840 bits per heavy atom. The van der Waals surface area contributed by atoms with Crippen LogP contribution in [-0.4, -0.2) is 12.6 Å². The summed E-state index contributed by atoms with van der Waals surface area (Å²) >= 11 is 0. The van der Waals surface area contributed by atoms with E-state index in [1.54, 1.807) is 0 Å². The van der Waals surface area contributed by atoms with Crippen molar-refractivity contribution in [3.8, 4) is 0 Å². The van der Waals surface area contributed by atoms with Crippen LogP contribution in [0.15, 0.2) is 42.5 Å². The fraction of sp³-hybridized carbons (Fsp3) is 0.609. The highest BCUT2D eigenvalue weighted by Gasteiger charge is 2.03. The number of rotatable bonds is 15. The van der Waals surface area contributed by atoms with Crippen LogP contribution in [0.4, 0.5) is 0 Å². The lowest BCUT2D eigenvalue weighted by atomic mass is 10.1. The molecule has 0 radical (unpaired) electrons. The molecule has 2 heteroatoms. The van der Waals surface area contributed by atoms with Crippen LogP contribution in [-0.2, 0) is 16.0 Å². The van der Waals surface area contributed by atoms with Gasteiger partial charge in [-0.2, -0.15) is 0 Å². The van der Waals surface area contributed by atoms with E-state index in [0.29, 0.717) is 13.0 Å². The first-order valence-corrected chi connectivity index (χ1v) is 10.2. The minimum atomic E-state index is -0.140. The summed E-state index contributed by atoms with van der Waals surface area (Å²) in [5.74, 6) is -0.140. The van der Waals surface area contributed by atoms with Gasteiger partial charge in [0.15, 0.2) is 0 Å². The number of carbonyl (C=O) groups excluding carboxylic acids is 1. The number of allylic oxidation sites excluding steroid dienone is 1. The van der Waals surface area contributed by atoms with E-state index in [4.69, 9.17) is 4.74 Å². The summed E-state index contributed by atoms with van der Waals surface area (Å²) in [6, 6.07) is 9.74. The molecular formula is C23H36O2. The molecule has 2 nitrogen and oxygen atoms in total. The van der Waals surface area contributed by atoms with Crippen molar-refractivity contribution in [3.05, 3.63) is 48.0 Å². The summed E-state index contributed by atoms with van der Waals surface area (Å²) in [5, 5.41) is 0. The second-order valence-electron chi connectivity index (χ2n) is 6.76. The Morgan fingerprint density at radius 2 is 1.44 bits per heavy atom. The fourth-order valence-corrected chi connectivity index (χ4v) is 2.86. The van der Waals surface area contributed by atoms with Crippen molar-refractivity contribution >= 4 is 5.97 Å². The maximum atomic E-state index is 11.7. The summed E-state index contributed by atoms with van der Waals surface area (Å²) in [7, 11) is 0. The average Bonchev–Trinajstić information content (AvgIpc) is 2.63. The highest BCUT2D eigenvalue weighted by Crippen LogP contribution is 2.10.